The summed E-state index contributed by atoms with van der Waals surface area (Å²) in [5.41, 5.74) is -1.49. The summed E-state index contributed by atoms with van der Waals surface area (Å²) in [7, 11) is 0. The van der Waals surface area contributed by atoms with Gasteiger partial charge in [0.05, 0.1) is 16.4 Å². The zero-order valence-corrected chi connectivity index (χ0v) is 18.1. The molecule has 0 bridgehead atoms. The molecule has 0 fully saturated rings. The number of carbonyl (C=O) groups excluding carboxylic acids is 2. The Labute approximate surface area is 172 Å². The Morgan fingerprint density at radius 2 is 1.96 bits per heavy atom. The van der Waals surface area contributed by atoms with Crippen LogP contribution in [-0.2, 0) is 19.1 Å². The lowest BCUT2D eigenvalue weighted by Crippen LogP contribution is -2.46. The minimum atomic E-state index is -1.34. The maximum atomic E-state index is 12.7. The van der Waals surface area contributed by atoms with E-state index in [0.29, 0.717) is 11.0 Å². The molecule has 0 radical (unpaired) electrons. The molecule has 0 saturated heterocycles. The van der Waals surface area contributed by atoms with Gasteiger partial charge in [-0.2, -0.15) is 0 Å². The van der Waals surface area contributed by atoms with E-state index in [1.54, 1.807) is 26.8 Å². The number of thioether (sulfide) groups is 1. The van der Waals surface area contributed by atoms with Gasteiger partial charge in [-0.1, -0.05) is 15.9 Å². The first kappa shape index (κ1) is 20.7. The molecule has 8 nitrogen and oxygen atoms in total. The molecule has 150 valence electrons. The van der Waals surface area contributed by atoms with Crippen LogP contribution in [0.5, 0.6) is 0 Å². The minimum absolute atomic E-state index is 0.275. The zero-order valence-electron chi connectivity index (χ0n) is 15.7. The summed E-state index contributed by atoms with van der Waals surface area (Å²) in [4.78, 5) is 52.3. The van der Waals surface area contributed by atoms with E-state index < -0.39 is 40.8 Å². The second-order valence-electron chi connectivity index (χ2n) is 7.44. The number of benzene rings is 1. The summed E-state index contributed by atoms with van der Waals surface area (Å²) < 4.78 is 12.7. The summed E-state index contributed by atoms with van der Waals surface area (Å²) in [6.07, 6.45) is -1.34. The van der Waals surface area contributed by atoms with Crippen molar-refractivity contribution < 1.29 is 19.1 Å². The molecule has 0 saturated carbocycles. The van der Waals surface area contributed by atoms with Gasteiger partial charge in [0, 0.05) is 22.0 Å². The zero-order chi connectivity index (χ0) is 20.8. The van der Waals surface area contributed by atoms with Crippen molar-refractivity contribution in [1.82, 2.24) is 9.55 Å². The number of aromatic nitrogens is 2. The summed E-state index contributed by atoms with van der Waals surface area (Å²) >= 11 is 4.80. The molecule has 2 heterocycles. The number of H-pyrrole nitrogens is 1. The molecular formula is C18H19BrN2O6S. The van der Waals surface area contributed by atoms with Crippen LogP contribution in [0.4, 0.5) is 0 Å². The van der Waals surface area contributed by atoms with Gasteiger partial charge in [-0.15, -0.1) is 11.8 Å². The average Bonchev–Trinajstić information content (AvgIpc) is 2.57. The summed E-state index contributed by atoms with van der Waals surface area (Å²) in [5.74, 6) is -0.968. The van der Waals surface area contributed by atoms with Crippen LogP contribution in [0, 0.1) is 5.41 Å². The monoisotopic (exact) mass is 470 g/mol. The molecule has 0 aliphatic carbocycles. The summed E-state index contributed by atoms with van der Waals surface area (Å²) in [6.45, 7) is 6.19. The summed E-state index contributed by atoms with van der Waals surface area (Å²) in [6, 6.07) is 2.67. The lowest BCUT2D eigenvalue weighted by atomic mass is 9.97. The average molecular weight is 471 g/mol. The molecule has 2 atom stereocenters. The number of ether oxygens (including phenoxy) is 2. The van der Waals surface area contributed by atoms with Crippen molar-refractivity contribution in [2.45, 2.75) is 44.9 Å². The molecule has 1 aromatic heterocycles. The third kappa shape index (κ3) is 3.88. The SMILES string of the molecule is CC(=O)OC(OC(=O)C(C)(C)C)C1CSc2cc(Br)cc3[nH]c(=O)c(=O)n1c23. The van der Waals surface area contributed by atoms with Crippen LogP contribution in [0.2, 0.25) is 0 Å². The number of nitrogens with one attached hydrogen (secondary N) is 1. The van der Waals surface area contributed by atoms with E-state index in [0.717, 1.165) is 9.37 Å². The van der Waals surface area contributed by atoms with Crippen LogP contribution in [0.1, 0.15) is 33.7 Å². The van der Waals surface area contributed by atoms with Crippen LogP contribution in [0.15, 0.2) is 31.1 Å². The molecule has 1 aliphatic rings. The van der Waals surface area contributed by atoms with Gasteiger partial charge in [-0.3, -0.25) is 23.7 Å². The molecule has 2 unspecified atom stereocenters. The van der Waals surface area contributed by atoms with Crippen LogP contribution >= 0.6 is 27.7 Å². The lowest BCUT2D eigenvalue weighted by Gasteiger charge is -2.33. The largest absolute Gasteiger partial charge is 0.423 e. The smallest absolute Gasteiger partial charge is 0.317 e. The lowest BCUT2D eigenvalue weighted by molar-refractivity contribution is -0.199. The first-order chi connectivity index (χ1) is 13.0. The number of hydrogen-bond acceptors (Lipinski definition) is 7. The highest BCUT2D eigenvalue weighted by atomic mass is 79.9. The van der Waals surface area contributed by atoms with Crippen molar-refractivity contribution in [3.63, 3.8) is 0 Å². The molecule has 28 heavy (non-hydrogen) atoms. The number of halogens is 1. The first-order valence-corrected chi connectivity index (χ1v) is 10.3. The van der Waals surface area contributed by atoms with Gasteiger partial charge < -0.3 is 14.5 Å². The fraction of sp³-hybridized carbons (Fsp3) is 0.444. The Kier molecular flexibility index (Phi) is 5.46. The Morgan fingerprint density at radius 3 is 2.57 bits per heavy atom. The van der Waals surface area contributed by atoms with Gasteiger partial charge in [0.1, 0.15) is 6.04 Å². The number of hydrogen-bond donors (Lipinski definition) is 1. The minimum Gasteiger partial charge on any atom is -0.423 e. The normalized spacial score (nSPS) is 17.2. The molecule has 0 amide bonds. The molecule has 1 N–H and O–H groups in total. The molecule has 2 aromatic rings. The van der Waals surface area contributed by atoms with Gasteiger partial charge >= 0.3 is 23.1 Å². The first-order valence-electron chi connectivity index (χ1n) is 8.48. The number of rotatable bonds is 3. The van der Waals surface area contributed by atoms with Gasteiger partial charge in [0.15, 0.2) is 0 Å². The van der Waals surface area contributed by atoms with Crippen molar-refractivity contribution in [2.75, 3.05) is 5.75 Å². The Morgan fingerprint density at radius 1 is 1.29 bits per heavy atom. The fourth-order valence-electron chi connectivity index (χ4n) is 2.81. The van der Waals surface area contributed by atoms with E-state index in [9.17, 15) is 19.2 Å². The van der Waals surface area contributed by atoms with Crippen LogP contribution in [-0.4, -0.2) is 33.5 Å². The predicted octanol–water partition coefficient (Wildman–Crippen LogP) is 2.58. The highest BCUT2D eigenvalue weighted by molar-refractivity contribution is 9.10. The molecular weight excluding hydrogens is 452 g/mol. The third-order valence-corrected chi connectivity index (χ3v) is 5.70. The van der Waals surface area contributed by atoms with E-state index >= 15 is 0 Å². The van der Waals surface area contributed by atoms with E-state index in [-0.39, 0.29) is 5.75 Å². The summed E-state index contributed by atoms with van der Waals surface area (Å²) in [5, 5.41) is 0. The van der Waals surface area contributed by atoms with Crippen LogP contribution in [0.25, 0.3) is 11.0 Å². The van der Waals surface area contributed by atoms with Crippen molar-refractivity contribution in [1.29, 1.82) is 0 Å². The second kappa shape index (κ2) is 7.40. The molecule has 1 aromatic carbocycles. The van der Waals surface area contributed by atoms with Crippen LogP contribution < -0.4 is 11.1 Å². The fourth-order valence-corrected chi connectivity index (χ4v) is 4.63. The number of carbonyl (C=O) groups is 2. The Balaban J connectivity index is 2.18. The van der Waals surface area contributed by atoms with E-state index in [1.807, 2.05) is 6.07 Å². The van der Waals surface area contributed by atoms with Crippen molar-refractivity contribution in [3.05, 3.63) is 37.3 Å². The maximum Gasteiger partial charge on any atom is 0.317 e. The molecule has 0 spiro atoms. The maximum absolute atomic E-state index is 12.7. The van der Waals surface area contributed by atoms with Gasteiger partial charge in [-0.25, -0.2) is 0 Å². The van der Waals surface area contributed by atoms with E-state index in [4.69, 9.17) is 9.47 Å². The third-order valence-electron chi connectivity index (χ3n) is 4.11. The number of nitrogens with zero attached hydrogens (tertiary/aromatic N) is 1. The van der Waals surface area contributed by atoms with E-state index in [2.05, 4.69) is 20.9 Å². The molecule has 10 heteroatoms. The Bertz CT molecular complexity index is 1080. The molecule has 3 rings (SSSR count). The van der Waals surface area contributed by atoms with E-state index in [1.165, 1.54) is 23.3 Å². The standard InChI is InChI=1S/C18H19BrN2O6S/c1-8(22)26-16(27-17(25)18(2,3)4)11-7-28-12-6-9(19)5-10-13(12)21(11)15(24)14(23)20-10/h5-6,11,16H,7H2,1-4H3,(H,20,23). The predicted molar refractivity (Wildman–Crippen MR) is 107 cm³/mol. The van der Waals surface area contributed by atoms with Crippen molar-refractivity contribution in [2.24, 2.45) is 5.41 Å². The topological polar surface area (TPSA) is 107 Å². The second-order valence-corrected chi connectivity index (χ2v) is 9.42. The molecule has 1 aliphatic heterocycles. The van der Waals surface area contributed by atoms with Crippen molar-refractivity contribution in [3.8, 4) is 0 Å². The quantitative estimate of drug-likeness (QED) is 0.417. The van der Waals surface area contributed by atoms with Gasteiger partial charge in [0.25, 0.3) is 6.29 Å². The van der Waals surface area contributed by atoms with Crippen LogP contribution in [0.3, 0.4) is 0 Å². The highest BCUT2D eigenvalue weighted by Gasteiger charge is 2.37. The van der Waals surface area contributed by atoms with Gasteiger partial charge in [-0.05, 0) is 32.9 Å². The van der Waals surface area contributed by atoms with Crippen molar-refractivity contribution >= 4 is 50.7 Å². The highest BCUT2D eigenvalue weighted by Crippen LogP contribution is 2.39. The number of aromatic amines is 1. The number of esters is 2. The Hall–Kier alpha value is -2.07. The van der Waals surface area contributed by atoms with Gasteiger partial charge in [0.2, 0.25) is 0 Å².